The van der Waals surface area contributed by atoms with Crippen LogP contribution in [0.25, 0.3) is 0 Å². The highest BCUT2D eigenvalue weighted by Crippen LogP contribution is 2.37. The van der Waals surface area contributed by atoms with Crippen molar-refractivity contribution in [1.29, 1.82) is 0 Å². The maximum atomic E-state index is 10.2. The lowest BCUT2D eigenvalue weighted by Crippen LogP contribution is -2.36. The number of nitrogens with one attached hydrogen (secondary N) is 1. The first-order chi connectivity index (χ1) is 10.0. The van der Waals surface area contributed by atoms with Crippen LogP contribution < -0.4 is 25.4 Å². The summed E-state index contributed by atoms with van der Waals surface area (Å²) in [7, 11) is 4.47. The molecule has 0 fully saturated rings. The van der Waals surface area contributed by atoms with E-state index in [4.69, 9.17) is 25.2 Å². The summed E-state index contributed by atoms with van der Waals surface area (Å²) in [6, 6.07) is 3.30. The van der Waals surface area contributed by atoms with E-state index in [0.29, 0.717) is 22.8 Å². The molecule has 0 heterocycles. The second kappa shape index (κ2) is 7.53. The van der Waals surface area contributed by atoms with Gasteiger partial charge in [-0.15, -0.1) is 5.10 Å². The van der Waals surface area contributed by atoms with Crippen LogP contribution in [-0.2, 0) is 0 Å². The second-order valence-corrected chi connectivity index (χ2v) is 3.57. The molecular formula is C11H16N5O5+. The Morgan fingerprint density at radius 2 is 1.86 bits per heavy atom. The van der Waals surface area contributed by atoms with E-state index in [1.165, 1.54) is 27.5 Å². The zero-order chi connectivity index (χ0) is 15.8. The molecule has 0 aliphatic heterocycles. The summed E-state index contributed by atoms with van der Waals surface area (Å²) in [6.07, 6.45) is 1.35. The van der Waals surface area contributed by atoms with Crippen LogP contribution in [0, 0.1) is 4.91 Å². The Balaban J connectivity index is 3.01. The quantitative estimate of drug-likeness (QED) is 0.383. The minimum atomic E-state index is -0.589. The van der Waals surface area contributed by atoms with Crippen LogP contribution in [0.1, 0.15) is 5.56 Å². The molecule has 0 amide bonds. The molecule has 0 aliphatic rings. The van der Waals surface area contributed by atoms with E-state index in [0.717, 1.165) is 0 Å². The topological polar surface area (TPSA) is 131 Å². The smallest absolute Gasteiger partial charge is 0.362 e. The average molecular weight is 298 g/mol. The first kappa shape index (κ1) is 16.0. The number of nitrogens with zero attached hydrogens (tertiary/aromatic N) is 3. The Labute approximate surface area is 120 Å². The molecule has 4 N–H and O–H groups in total. The van der Waals surface area contributed by atoms with Crippen molar-refractivity contribution in [3.8, 4) is 17.2 Å². The van der Waals surface area contributed by atoms with E-state index in [2.05, 4.69) is 10.2 Å². The van der Waals surface area contributed by atoms with E-state index in [-0.39, 0.29) is 5.96 Å². The Bertz CT molecular complexity index is 547. The van der Waals surface area contributed by atoms with Gasteiger partial charge in [-0.2, -0.15) is 5.10 Å². The van der Waals surface area contributed by atoms with Gasteiger partial charge in [0, 0.05) is 5.56 Å². The van der Waals surface area contributed by atoms with Gasteiger partial charge in [0.1, 0.15) is 4.91 Å². The number of ether oxygens (including phenoxy) is 3. The molecule has 0 saturated carbocycles. The van der Waals surface area contributed by atoms with Crippen molar-refractivity contribution in [1.82, 2.24) is 5.43 Å². The molecule has 10 nitrogen and oxygen atoms in total. The normalized spacial score (nSPS) is 11.3. The molecule has 0 spiro atoms. The molecule has 114 valence electrons. The van der Waals surface area contributed by atoms with Crippen LogP contribution in [0.15, 0.2) is 22.3 Å². The molecule has 21 heavy (non-hydrogen) atoms. The standard InChI is InChI=1S/C11H16N5O5/c1-19-8-4-7(5-9(20-2)10(8)21-3)6-13-14-11(12)15-16(17)18/h4-6H,1-3H3,(H,17,18)(H3,12,14,15)/q+1/b13-6+. The van der Waals surface area contributed by atoms with Crippen molar-refractivity contribution in [3.05, 3.63) is 22.6 Å². The Hall–Kier alpha value is -3.04. The third-order valence-electron chi connectivity index (χ3n) is 2.27. The van der Waals surface area contributed by atoms with Gasteiger partial charge in [-0.05, 0) is 17.6 Å². The number of rotatable bonds is 6. The average Bonchev–Trinajstić information content (AvgIpc) is 2.45. The number of hydrazine groups is 1. The molecule has 0 radical (unpaired) electrons. The summed E-state index contributed by atoms with van der Waals surface area (Å²) in [5.74, 6) is 0.976. The van der Waals surface area contributed by atoms with Crippen LogP contribution >= 0.6 is 0 Å². The molecule has 0 bridgehead atoms. The number of nitrogens with two attached hydrogens (primary N) is 1. The van der Waals surface area contributed by atoms with Crippen molar-refractivity contribution < 1.29 is 24.5 Å². The first-order valence-corrected chi connectivity index (χ1v) is 5.61. The van der Waals surface area contributed by atoms with Crippen molar-refractivity contribution in [3.63, 3.8) is 0 Å². The molecule has 1 aromatic rings. The molecule has 0 saturated heterocycles. The molecular weight excluding hydrogens is 282 g/mol. The Morgan fingerprint density at radius 1 is 1.29 bits per heavy atom. The van der Waals surface area contributed by atoms with Crippen LogP contribution in [0.3, 0.4) is 0 Å². The summed E-state index contributed by atoms with van der Waals surface area (Å²) in [4.78, 5) is 10.2. The zero-order valence-electron chi connectivity index (χ0n) is 11.7. The number of hydrogen-bond acceptors (Lipinski definition) is 6. The van der Waals surface area contributed by atoms with E-state index in [1.807, 2.05) is 0 Å². The minimum Gasteiger partial charge on any atom is -0.493 e. The fraction of sp³-hybridized carbons (Fsp3) is 0.273. The molecule has 0 aliphatic carbocycles. The van der Waals surface area contributed by atoms with E-state index in [1.54, 1.807) is 17.6 Å². The fourth-order valence-electron chi connectivity index (χ4n) is 1.45. The number of benzene rings is 1. The van der Waals surface area contributed by atoms with Crippen molar-refractivity contribution in [2.24, 2.45) is 15.9 Å². The van der Waals surface area contributed by atoms with Crippen molar-refractivity contribution >= 4 is 12.2 Å². The monoisotopic (exact) mass is 298 g/mol. The highest BCUT2D eigenvalue weighted by atomic mass is 16.7. The second-order valence-electron chi connectivity index (χ2n) is 3.57. The molecule has 0 atom stereocenters. The minimum absolute atomic E-state index is 0.379. The van der Waals surface area contributed by atoms with Crippen molar-refractivity contribution in [2.75, 3.05) is 21.3 Å². The van der Waals surface area contributed by atoms with Crippen LogP contribution in [0.2, 0.25) is 0 Å². The third kappa shape index (κ3) is 4.53. The zero-order valence-corrected chi connectivity index (χ0v) is 11.7. The maximum absolute atomic E-state index is 10.2. The van der Waals surface area contributed by atoms with Gasteiger partial charge in [-0.25, -0.2) is 5.21 Å². The summed E-state index contributed by atoms with van der Waals surface area (Å²) < 4.78 is 15.5. The van der Waals surface area contributed by atoms with Gasteiger partial charge < -0.3 is 19.9 Å². The molecule has 10 heteroatoms. The highest BCUT2D eigenvalue weighted by molar-refractivity contribution is 5.83. The molecule has 1 rings (SSSR count). The first-order valence-electron chi connectivity index (χ1n) is 5.61. The van der Waals surface area contributed by atoms with Gasteiger partial charge in [0.15, 0.2) is 11.5 Å². The predicted octanol–water partition coefficient (Wildman–Crippen LogP) is 0.0337. The van der Waals surface area contributed by atoms with Crippen molar-refractivity contribution in [2.45, 2.75) is 0 Å². The molecule has 1 aromatic carbocycles. The fourth-order valence-corrected chi connectivity index (χ4v) is 1.45. The van der Waals surface area contributed by atoms with Crippen LogP contribution in [0.5, 0.6) is 17.2 Å². The summed E-state index contributed by atoms with van der Waals surface area (Å²) in [5.41, 5.74) is 7.62. The summed E-state index contributed by atoms with van der Waals surface area (Å²) >= 11 is 0. The van der Waals surface area contributed by atoms with Gasteiger partial charge in [-0.1, -0.05) is 0 Å². The Morgan fingerprint density at radius 3 is 2.29 bits per heavy atom. The van der Waals surface area contributed by atoms with Gasteiger partial charge in [0.05, 0.1) is 27.5 Å². The number of hydrogen-bond donors (Lipinski definition) is 3. The van der Waals surface area contributed by atoms with Crippen LogP contribution in [0.4, 0.5) is 0 Å². The van der Waals surface area contributed by atoms with Gasteiger partial charge in [0.2, 0.25) is 5.75 Å². The maximum Gasteiger partial charge on any atom is 0.362 e. The Kier molecular flexibility index (Phi) is 5.74. The number of methoxy groups -OCH3 is 3. The van der Waals surface area contributed by atoms with Gasteiger partial charge in [-0.3, -0.25) is 0 Å². The lowest BCUT2D eigenvalue weighted by molar-refractivity contribution is -0.822. The lowest BCUT2D eigenvalue weighted by Gasteiger charge is -2.12. The summed E-state index contributed by atoms with van der Waals surface area (Å²) in [5, 5.41) is 14.9. The van der Waals surface area contributed by atoms with Gasteiger partial charge >= 0.3 is 5.03 Å². The van der Waals surface area contributed by atoms with E-state index >= 15 is 0 Å². The lowest BCUT2D eigenvalue weighted by atomic mass is 10.2. The number of guanidine groups is 1. The SMILES string of the molecule is COc1cc(/C=N/N=C(\N)N[N+](=O)O)cc(OC)c1OC. The van der Waals surface area contributed by atoms with Gasteiger partial charge in [0.25, 0.3) is 5.96 Å². The van der Waals surface area contributed by atoms with E-state index in [9.17, 15) is 4.91 Å². The predicted molar refractivity (Wildman–Crippen MR) is 73.9 cm³/mol. The molecule has 0 unspecified atom stereocenters. The highest BCUT2D eigenvalue weighted by Gasteiger charge is 2.12. The third-order valence-corrected chi connectivity index (χ3v) is 2.27. The van der Waals surface area contributed by atoms with E-state index < -0.39 is 5.03 Å². The van der Waals surface area contributed by atoms with Crippen LogP contribution in [-0.4, -0.2) is 43.7 Å². The summed E-state index contributed by atoms with van der Waals surface area (Å²) in [6.45, 7) is 0. The largest absolute Gasteiger partial charge is 0.493 e. The molecule has 0 aromatic heterocycles.